The number of ketones is 1. The van der Waals surface area contributed by atoms with Crippen molar-refractivity contribution in [2.24, 2.45) is 5.92 Å². The molecule has 1 aromatic rings. The Morgan fingerprint density at radius 2 is 2.35 bits per heavy atom. The summed E-state index contributed by atoms with van der Waals surface area (Å²) in [6, 6.07) is 5.37. The van der Waals surface area contributed by atoms with Gasteiger partial charge < -0.3 is 9.84 Å². The average molecular weight is 232 g/mol. The number of hydrogen-bond acceptors (Lipinski definition) is 3. The molecule has 2 aliphatic rings. The van der Waals surface area contributed by atoms with E-state index in [4.69, 9.17) is 9.84 Å². The molecule has 1 fully saturated rings. The summed E-state index contributed by atoms with van der Waals surface area (Å²) in [5, 5.41) is 9.11. The van der Waals surface area contributed by atoms with E-state index in [9.17, 15) is 9.59 Å². The second-order valence-corrected chi connectivity index (χ2v) is 4.60. The third-order valence-electron chi connectivity index (χ3n) is 3.60. The normalized spacial score (nSPS) is 29.0. The number of carboxylic acids is 1. The van der Waals surface area contributed by atoms with Gasteiger partial charge in [0.1, 0.15) is 5.75 Å². The van der Waals surface area contributed by atoms with Gasteiger partial charge in [0.2, 0.25) is 5.60 Å². The molecule has 4 nitrogen and oxygen atoms in total. The summed E-state index contributed by atoms with van der Waals surface area (Å²) < 4.78 is 5.50. The summed E-state index contributed by atoms with van der Waals surface area (Å²) in [6.07, 6.45) is 1.13. The zero-order valence-electron chi connectivity index (χ0n) is 9.40. The molecule has 0 radical (unpaired) electrons. The lowest BCUT2D eigenvalue weighted by molar-refractivity contribution is -0.148. The lowest BCUT2D eigenvalue weighted by atomic mass is 9.98. The molecule has 1 saturated carbocycles. The number of carbonyl (C=O) groups excluding carboxylic acids is 1. The molecule has 88 valence electrons. The zero-order chi connectivity index (χ0) is 12.2. The van der Waals surface area contributed by atoms with Gasteiger partial charge in [-0.3, -0.25) is 4.79 Å². The Morgan fingerprint density at radius 3 is 3.00 bits per heavy atom. The van der Waals surface area contributed by atoms with Crippen LogP contribution in [0.4, 0.5) is 0 Å². The van der Waals surface area contributed by atoms with Gasteiger partial charge >= 0.3 is 5.97 Å². The van der Waals surface area contributed by atoms with Crippen LogP contribution >= 0.6 is 0 Å². The first-order chi connectivity index (χ1) is 8.08. The van der Waals surface area contributed by atoms with E-state index in [-0.39, 0.29) is 12.2 Å². The molecule has 0 bridgehead atoms. The van der Waals surface area contributed by atoms with E-state index in [0.717, 1.165) is 12.0 Å². The van der Waals surface area contributed by atoms with Crippen LogP contribution in [0.5, 0.6) is 5.75 Å². The quantitative estimate of drug-likeness (QED) is 0.842. The zero-order valence-corrected chi connectivity index (χ0v) is 9.40. The van der Waals surface area contributed by atoms with Crippen LogP contribution in [0.3, 0.4) is 0 Å². The Bertz CT molecular complexity index is 534. The highest BCUT2D eigenvalue weighted by Crippen LogP contribution is 2.53. The lowest BCUT2D eigenvalue weighted by Crippen LogP contribution is -2.37. The number of benzene rings is 1. The van der Waals surface area contributed by atoms with Crippen molar-refractivity contribution < 1.29 is 19.4 Å². The van der Waals surface area contributed by atoms with Gasteiger partial charge in [0.05, 0.1) is 11.5 Å². The van der Waals surface area contributed by atoms with Crippen molar-refractivity contribution in [2.75, 3.05) is 0 Å². The van der Waals surface area contributed by atoms with Crippen LogP contribution in [-0.4, -0.2) is 22.5 Å². The minimum Gasteiger partial charge on any atom is -0.478 e. The van der Waals surface area contributed by atoms with Gasteiger partial charge in [0.25, 0.3) is 0 Å². The SMILES string of the molecule is CCc1ccc2c(c1)C(=O)[C@@H]1C[C@@]1(C(=O)O)O2. The maximum absolute atomic E-state index is 12.1. The molecule has 0 spiro atoms. The summed E-state index contributed by atoms with van der Waals surface area (Å²) in [4.78, 5) is 23.2. The summed E-state index contributed by atoms with van der Waals surface area (Å²) in [7, 11) is 0. The minimum absolute atomic E-state index is 0.0936. The van der Waals surface area contributed by atoms with E-state index in [1.54, 1.807) is 6.07 Å². The minimum atomic E-state index is -1.28. The molecule has 1 aromatic carbocycles. The van der Waals surface area contributed by atoms with Crippen LogP contribution in [0, 0.1) is 5.92 Å². The molecule has 17 heavy (non-hydrogen) atoms. The maximum Gasteiger partial charge on any atom is 0.348 e. The van der Waals surface area contributed by atoms with Crippen molar-refractivity contribution in [1.82, 2.24) is 0 Å². The van der Waals surface area contributed by atoms with E-state index < -0.39 is 17.5 Å². The van der Waals surface area contributed by atoms with Gasteiger partial charge in [-0.05, 0) is 24.1 Å². The van der Waals surface area contributed by atoms with Crippen molar-refractivity contribution in [3.8, 4) is 5.75 Å². The van der Waals surface area contributed by atoms with Crippen LogP contribution < -0.4 is 4.74 Å². The number of carbonyl (C=O) groups is 2. The largest absolute Gasteiger partial charge is 0.478 e. The van der Waals surface area contributed by atoms with E-state index in [2.05, 4.69) is 0 Å². The molecule has 1 aliphatic carbocycles. The Balaban J connectivity index is 2.07. The molecular weight excluding hydrogens is 220 g/mol. The molecule has 1 N–H and O–H groups in total. The number of aryl methyl sites for hydroxylation is 1. The molecular formula is C13H12O4. The summed E-state index contributed by atoms with van der Waals surface area (Å²) in [6.45, 7) is 2.01. The number of fused-ring (bicyclic) bond motifs is 2. The Kier molecular flexibility index (Phi) is 1.88. The highest BCUT2D eigenvalue weighted by Gasteiger charge is 2.69. The van der Waals surface area contributed by atoms with E-state index in [0.29, 0.717) is 11.3 Å². The molecule has 2 atom stereocenters. The van der Waals surface area contributed by atoms with Crippen LogP contribution in [0.25, 0.3) is 0 Å². The number of carboxylic acid groups (broad SMARTS) is 1. The average Bonchev–Trinajstić information content (AvgIpc) is 3.05. The number of aliphatic carboxylic acids is 1. The highest BCUT2D eigenvalue weighted by atomic mass is 16.5. The molecule has 3 rings (SSSR count). The molecule has 0 aromatic heterocycles. The Hall–Kier alpha value is -1.84. The molecule has 0 saturated heterocycles. The highest BCUT2D eigenvalue weighted by molar-refractivity contribution is 6.09. The van der Waals surface area contributed by atoms with Crippen molar-refractivity contribution in [3.05, 3.63) is 29.3 Å². The Morgan fingerprint density at radius 1 is 1.59 bits per heavy atom. The number of ether oxygens (including phenoxy) is 1. The van der Waals surface area contributed by atoms with E-state index in [1.807, 2.05) is 19.1 Å². The fourth-order valence-corrected chi connectivity index (χ4v) is 2.40. The van der Waals surface area contributed by atoms with Gasteiger partial charge in [-0.25, -0.2) is 4.79 Å². The van der Waals surface area contributed by atoms with Crippen molar-refractivity contribution in [3.63, 3.8) is 0 Å². The molecule has 0 amide bonds. The van der Waals surface area contributed by atoms with Crippen molar-refractivity contribution in [2.45, 2.75) is 25.4 Å². The smallest absolute Gasteiger partial charge is 0.348 e. The Labute approximate surface area is 98.2 Å². The van der Waals surface area contributed by atoms with Gasteiger partial charge in [-0.1, -0.05) is 13.0 Å². The van der Waals surface area contributed by atoms with E-state index in [1.165, 1.54) is 0 Å². The molecule has 1 heterocycles. The van der Waals surface area contributed by atoms with Gasteiger partial charge in [0, 0.05) is 6.42 Å². The number of rotatable bonds is 2. The first kappa shape index (κ1) is 10.3. The summed E-state index contributed by atoms with van der Waals surface area (Å²) in [5.41, 5.74) is 0.311. The van der Waals surface area contributed by atoms with Gasteiger partial charge in [-0.2, -0.15) is 0 Å². The molecule has 1 aliphatic heterocycles. The van der Waals surface area contributed by atoms with Crippen molar-refractivity contribution in [1.29, 1.82) is 0 Å². The fourth-order valence-electron chi connectivity index (χ4n) is 2.40. The van der Waals surface area contributed by atoms with Crippen LogP contribution in [-0.2, 0) is 11.2 Å². The topological polar surface area (TPSA) is 63.6 Å². The summed E-state index contributed by atoms with van der Waals surface area (Å²) in [5.74, 6) is -1.23. The van der Waals surface area contributed by atoms with Crippen LogP contribution in [0.2, 0.25) is 0 Å². The standard InChI is InChI=1S/C13H12O4/c1-2-7-3-4-10-8(5-7)11(14)9-6-13(9,17-10)12(15)16/h3-5,9H,2,6H2,1H3,(H,15,16)/t9-,13+/m0/s1. The predicted octanol–water partition coefficient (Wildman–Crippen LogP) is 1.67. The van der Waals surface area contributed by atoms with E-state index >= 15 is 0 Å². The number of hydrogen-bond donors (Lipinski definition) is 1. The first-order valence-corrected chi connectivity index (χ1v) is 5.68. The summed E-state index contributed by atoms with van der Waals surface area (Å²) >= 11 is 0. The second-order valence-electron chi connectivity index (χ2n) is 4.60. The predicted molar refractivity (Wildman–Crippen MR) is 59.3 cm³/mol. The fraction of sp³-hybridized carbons (Fsp3) is 0.385. The first-order valence-electron chi connectivity index (χ1n) is 5.68. The monoisotopic (exact) mass is 232 g/mol. The third-order valence-corrected chi connectivity index (χ3v) is 3.60. The van der Waals surface area contributed by atoms with Crippen LogP contribution in [0.1, 0.15) is 29.3 Å². The second kappa shape index (κ2) is 3.09. The lowest BCUT2D eigenvalue weighted by Gasteiger charge is -2.22. The number of Topliss-reactive ketones (excluding diaryl/α,β-unsaturated/α-hetero) is 1. The van der Waals surface area contributed by atoms with Crippen molar-refractivity contribution >= 4 is 11.8 Å². The van der Waals surface area contributed by atoms with Gasteiger partial charge in [0.15, 0.2) is 5.78 Å². The maximum atomic E-state index is 12.1. The third kappa shape index (κ3) is 1.24. The molecule has 4 heteroatoms. The van der Waals surface area contributed by atoms with Gasteiger partial charge in [-0.15, -0.1) is 0 Å². The molecule has 0 unspecified atom stereocenters. The van der Waals surface area contributed by atoms with Crippen LogP contribution in [0.15, 0.2) is 18.2 Å².